The third-order valence-corrected chi connectivity index (χ3v) is 3.36. The van der Waals surface area contributed by atoms with Crippen LogP contribution in [0.15, 0.2) is 36.4 Å². The first-order valence-corrected chi connectivity index (χ1v) is 6.93. The molecule has 1 fully saturated rings. The number of ether oxygens (including phenoxy) is 1. The van der Waals surface area contributed by atoms with E-state index in [4.69, 9.17) is 4.74 Å². The van der Waals surface area contributed by atoms with Gasteiger partial charge in [0, 0.05) is 25.8 Å². The molecule has 19 heavy (non-hydrogen) atoms. The predicted octanol–water partition coefficient (Wildman–Crippen LogP) is 2.73. The SMILES string of the molecule is CCN(CC1CCCO1)C(=O)C=Cc1ccccc1. The summed E-state index contributed by atoms with van der Waals surface area (Å²) in [7, 11) is 0. The van der Waals surface area contributed by atoms with Crippen molar-refractivity contribution in [2.24, 2.45) is 0 Å². The molecule has 1 unspecified atom stereocenters. The summed E-state index contributed by atoms with van der Waals surface area (Å²) < 4.78 is 5.58. The highest BCUT2D eigenvalue weighted by molar-refractivity contribution is 5.91. The third-order valence-electron chi connectivity index (χ3n) is 3.36. The Labute approximate surface area is 114 Å². The standard InChI is InChI=1S/C16H21NO2/c1-2-17(13-15-9-6-12-19-15)16(18)11-10-14-7-4-3-5-8-14/h3-5,7-8,10-11,15H,2,6,9,12-13H2,1H3. The number of amides is 1. The Bertz CT molecular complexity index is 422. The first kappa shape index (κ1) is 13.8. The van der Waals surface area contributed by atoms with Crippen molar-refractivity contribution in [3.63, 3.8) is 0 Å². The van der Waals surface area contributed by atoms with Crippen molar-refractivity contribution < 1.29 is 9.53 Å². The molecule has 0 radical (unpaired) electrons. The molecule has 1 aliphatic rings. The molecule has 1 saturated heterocycles. The Balaban J connectivity index is 1.91. The quantitative estimate of drug-likeness (QED) is 0.761. The van der Waals surface area contributed by atoms with Crippen LogP contribution in [0.25, 0.3) is 6.08 Å². The monoisotopic (exact) mass is 259 g/mol. The van der Waals surface area contributed by atoms with Gasteiger partial charge in [-0.05, 0) is 31.4 Å². The lowest BCUT2D eigenvalue weighted by Crippen LogP contribution is -2.36. The summed E-state index contributed by atoms with van der Waals surface area (Å²) in [5, 5.41) is 0. The van der Waals surface area contributed by atoms with E-state index in [2.05, 4.69) is 0 Å². The van der Waals surface area contributed by atoms with Crippen molar-refractivity contribution in [1.82, 2.24) is 4.90 Å². The number of hydrogen-bond acceptors (Lipinski definition) is 2. The van der Waals surface area contributed by atoms with Gasteiger partial charge in [-0.2, -0.15) is 0 Å². The molecule has 1 heterocycles. The van der Waals surface area contributed by atoms with Gasteiger partial charge in [0.2, 0.25) is 5.91 Å². The van der Waals surface area contributed by atoms with Gasteiger partial charge >= 0.3 is 0 Å². The van der Waals surface area contributed by atoms with Crippen LogP contribution < -0.4 is 0 Å². The number of carbonyl (C=O) groups excluding carboxylic acids is 1. The topological polar surface area (TPSA) is 29.5 Å². The van der Waals surface area contributed by atoms with Crippen LogP contribution in [0.3, 0.4) is 0 Å². The number of rotatable bonds is 5. The van der Waals surface area contributed by atoms with Gasteiger partial charge in [0.1, 0.15) is 0 Å². The molecule has 1 aromatic carbocycles. The number of likely N-dealkylation sites (N-methyl/N-ethyl adjacent to an activating group) is 1. The summed E-state index contributed by atoms with van der Waals surface area (Å²) in [5.41, 5.74) is 1.05. The van der Waals surface area contributed by atoms with Crippen LogP contribution in [-0.4, -0.2) is 36.6 Å². The second kappa shape index (κ2) is 7.10. The fraction of sp³-hybridized carbons (Fsp3) is 0.438. The fourth-order valence-electron chi connectivity index (χ4n) is 2.25. The van der Waals surface area contributed by atoms with Gasteiger partial charge in [-0.3, -0.25) is 4.79 Å². The second-order valence-corrected chi connectivity index (χ2v) is 4.76. The molecule has 1 aromatic rings. The smallest absolute Gasteiger partial charge is 0.246 e. The Hall–Kier alpha value is -1.61. The minimum absolute atomic E-state index is 0.0573. The lowest BCUT2D eigenvalue weighted by molar-refractivity contribution is -0.127. The molecule has 1 atom stereocenters. The molecule has 0 N–H and O–H groups in total. The summed E-state index contributed by atoms with van der Waals surface area (Å²) in [6, 6.07) is 9.87. The van der Waals surface area contributed by atoms with E-state index in [0.717, 1.165) is 31.6 Å². The van der Waals surface area contributed by atoms with Crippen LogP contribution in [0.2, 0.25) is 0 Å². The van der Waals surface area contributed by atoms with E-state index >= 15 is 0 Å². The largest absolute Gasteiger partial charge is 0.376 e. The van der Waals surface area contributed by atoms with Gasteiger partial charge in [-0.15, -0.1) is 0 Å². The minimum Gasteiger partial charge on any atom is -0.376 e. The molecule has 3 heteroatoms. The van der Waals surface area contributed by atoms with Crippen molar-refractivity contribution in [3.05, 3.63) is 42.0 Å². The summed E-state index contributed by atoms with van der Waals surface area (Å²) >= 11 is 0. The van der Waals surface area contributed by atoms with Crippen LogP contribution in [0.5, 0.6) is 0 Å². The second-order valence-electron chi connectivity index (χ2n) is 4.76. The van der Waals surface area contributed by atoms with E-state index in [9.17, 15) is 4.79 Å². The van der Waals surface area contributed by atoms with Gasteiger partial charge in [-0.1, -0.05) is 30.3 Å². The van der Waals surface area contributed by atoms with Gasteiger partial charge < -0.3 is 9.64 Å². The van der Waals surface area contributed by atoms with Crippen LogP contribution in [0, 0.1) is 0 Å². The molecule has 1 aliphatic heterocycles. The Morgan fingerprint density at radius 3 is 2.84 bits per heavy atom. The van der Waals surface area contributed by atoms with Crippen LogP contribution >= 0.6 is 0 Å². The average molecular weight is 259 g/mol. The molecule has 0 aliphatic carbocycles. The molecular weight excluding hydrogens is 238 g/mol. The zero-order valence-corrected chi connectivity index (χ0v) is 11.4. The zero-order chi connectivity index (χ0) is 13.5. The van der Waals surface area contributed by atoms with Crippen LogP contribution in [0.1, 0.15) is 25.3 Å². The molecule has 1 amide bonds. The lowest BCUT2D eigenvalue weighted by atomic mass is 10.2. The van der Waals surface area contributed by atoms with Crippen molar-refractivity contribution in [3.8, 4) is 0 Å². The van der Waals surface area contributed by atoms with Crippen molar-refractivity contribution in [2.45, 2.75) is 25.9 Å². The fourth-order valence-corrected chi connectivity index (χ4v) is 2.25. The molecule has 0 bridgehead atoms. The van der Waals surface area contributed by atoms with Crippen LogP contribution in [0.4, 0.5) is 0 Å². The van der Waals surface area contributed by atoms with Crippen LogP contribution in [-0.2, 0) is 9.53 Å². The number of hydrogen-bond donors (Lipinski definition) is 0. The maximum atomic E-state index is 12.1. The third kappa shape index (κ3) is 4.21. The molecule has 102 valence electrons. The molecule has 3 nitrogen and oxygen atoms in total. The van der Waals surface area contributed by atoms with E-state index < -0.39 is 0 Å². The van der Waals surface area contributed by atoms with Gasteiger partial charge in [0.25, 0.3) is 0 Å². The molecule has 0 aromatic heterocycles. The predicted molar refractivity (Wildman–Crippen MR) is 76.7 cm³/mol. The van der Waals surface area contributed by atoms with E-state index in [1.165, 1.54) is 0 Å². The van der Waals surface area contributed by atoms with E-state index in [1.807, 2.05) is 48.2 Å². The molecular formula is C16H21NO2. The normalized spacial score (nSPS) is 18.9. The van der Waals surface area contributed by atoms with E-state index in [0.29, 0.717) is 6.54 Å². The first-order chi connectivity index (χ1) is 9.29. The number of nitrogens with zero attached hydrogens (tertiary/aromatic N) is 1. The van der Waals surface area contributed by atoms with E-state index in [-0.39, 0.29) is 12.0 Å². The summed E-state index contributed by atoms with van der Waals surface area (Å²) in [5.74, 6) is 0.0573. The number of benzene rings is 1. The first-order valence-electron chi connectivity index (χ1n) is 6.93. The van der Waals surface area contributed by atoms with Crippen molar-refractivity contribution >= 4 is 12.0 Å². The van der Waals surface area contributed by atoms with Gasteiger partial charge in [0.15, 0.2) is 0 Å². The average Bonchev–Trinajstić information content (AvgIpc) is 2.96. The van der Waals surface area contributed by atoms with Gasteiger partial charge in [-0.25, -0.2) is 0 Å². The lowest BCUT2D eigenvalue weighted by Gasteiger charge is -2.22. The molecule has 0 spiro atoms. The summed E-state index contributed by atoms with van der Waals surface area (Å²) in [6.07, 6.45) is 5.89. The minimum atomic E-state index is 0.0573. The Kier molecular flexibility index (Phi) is 5.16. The molecule has 0 saturated carbocycles. The number of carbonyl (C=O) groups is 1. The summed E-state index contributed by atoms with van der Waals surface area (Å²) in [4.78, 5) is 14.0. The highest BCUT2D eigenvalue weighted by Gasteiger charge is 2.20. The van der Waals surface area contributed by atoms with Crippen molar-refractivity contribution in [2.75, 3.05) is 19.7 Å². The highest BCUT2D eigenvalue weighted by Crippen LogP contribution is 2.13. The molecule has 2 rings (SSSR count). The van der Waals surface area contributed by atoms with E-state index in [1.54, 1.807) is 6.08 Å². The Morgan fingerprint density at radius 1 is 1.42 bits per heavy atom. The maximum Gasteiger partial charge on any atom is 0.246 e. The Morgan fingerprint density at radius 2 is 2.21 bits per heavy atom. The maximum absolute atomic E-state index is 12.1. The van der Waals surface area contributed by atoms with Crippen molar-refractivity contribution in [1.29, 1.82) is 0 Å². The highest BCUT2D eigenvalue weighted by atomic mass is 16.5. The summed E-state index contributed by atoms with van der Waals surface area (Å²) in [6.45, 7) is 4.26. The zero-order valence-electron chi connectivity index (χ0n) is 11.4. The van der Waals surface area contributed by atoms with Gasteiger partial charge in [0.05, 0.1) is 6.10 Å².